The van der Waals surface area contributed by atoms with Crippen molar-refractivity contribution in [3.8, 4) is 0 Å². The molecule has 0 aromatic heterocycles. The molecule has 0 atom stereocenters. The highest BCUT2D eigenvalue weighted by molar-refractivity contribution is 5.94. The van der Waals surface area contributed by atoms with Gasteiger partial charge in [-0.05, 0) is 36.4 Å². The van der Waals surface area contributed by atoms with Crippen molar-refractivity contribution < 1.29 is 18.7 Å². The molecule has 0 fully saturated rings. The molecular formula is C16H16F2N2O2. The highest BCUT2D eigenvalue weighted by atomic mass is 19.1. The summed E-state index contributed by atoms with van der Waals surface area (Å²) in [6.45, 7) is -0.0791. The molecule has 2 aromatic carbocycles. The number of amides is 1. The molecule has 2 aromatic rings. The van der Waals surface area contributed by atoms with Crippen LogP contribution in [0.15, 0.2) is 48.5 Å². The van der Waals surface area contributed by atoms with Crippen LogP contribution in [-0.4, -0.2) is 30.7 Å². The number of carbonyl (C=O) groups excluding carboxylic acids is 1. The zero-order chi connectivity index (χ0) is 15.9. The molecule has 0 saturated heterocycles. The Bertz CT molecular complexity index is 650. The summed E-state index contributed by atoms with van der Waals surface area (Å²) in [5, 5.41) is 11.6. The third kappa shape index (κ3) is 4.53. The Kier molecular flexibility index (Phi) is 5.43. The molecule has 2 N–H and O–H groups in total. The average Bonchev–Trinajstić information content (AvgIpc) is 2.47. The van der Waals surface area contributed by atoms with Crippen LogP contribution in [0.3, 0.4) is 0 Å². The lowest BCUT2D eigenvalue weighted by atomic mass is 10.2. The van der Waals surface area contributed by atoms with Crippen LogP contribution in [0.5, 0.6) is 0 Å². The van der Waals surface area contributed by atoms with Crippen molar-refractivity contribution in [2.75, 3.05) is 29.9 Å². The van der Waals surface area contributed by atoms with Crippen molar-refractivity contribution in [1.82, 2.24) is 0 Å². The van der Waals surface area contributed by atoms with Gasteiger partial charge in [0.05, 0.1) is 13.2 Å². The zero-order valence-corrected chi connectivity index (χ0v) is 11.8. The molecule has 0 bridgehead atoms. The second-order valence-electron chi connectivity index (χ2n) is 4.68. The lowest BCUT2D eigenvalue weighted by Gasteiger charge is -2.23. The number of anilines is 2. The minimum Gasteiger partial charge on any atom is -0.395 e. The van der Waals surface area contributed by atoms with Crippen LogP contribution in [-0.2, 0) is 4.79 Å². The minimum absolute atomic E-state index is 0.0828. The quantitative estimate of drug-likeness (QED) is 0.861. The number of nitrogens with one attached hydrogen (secondary N) is 1. The van der Waals surface area contributed by atoms with Gasteiger partial charge in [-0.1, -0.05) is 12.1 Å². The molecule has 0 unspecified atom stereocenters. The molecule has 0 heterocycles. The number of carbonyl (C=O) groups is 1. The van der Waals surface area contributed by atoms with Gasteiger partial charge in [0.1, 0.15) is 11.6 Å². The SMILES string of the molecule is O=C(CN(CCO)c1cccc(F)c1)Nc1cccc(F)c1. The molecule has 0 radical (unpaired) electrons. The topological polar surface area (TPSA) is 52.6 Å². The number of hydrogen-bond donors (Lipinski definition) is 2. The highest BCUT2D eigenvalue weighted by Crippen LogP contribution is 2.16. The molecule has 2 rings (SSSR count). The summed E-state index contributed by atoms with van der Waals surface area (Å²) in [6, 6.07) is 11.3. The van der Waals surface area contributed by atoms with Crippen LogP contribution in [0.2, 0.25) is 0 Å². The van der Waals surface area contributed by atoms with Gasteiger partial charge in [-0.15, -0.1) is 0 Å². The van der Waals surface area contributed by atoms with Crippen LogP contribution in [0.4, 0.5) is 20.2 Å². The van der Waals surface area contributed by atoms with Crippen molar-refractivity contribution in [3.63, 3.8) is 0 Å². The van der Waals surface area contributed by atoms with Crippen LogP contribution in [0.25, 0.3) is 0 Å². The van der Waals surface area contributed by atoms with Crippen LogP contribution in [0, 0.1) is 11.6 Å². The van der Waals surface area contributed by atoms with E-state index >= 15 is 0 Å². The molecule has 0 aliphatic heterocycles. The van der Waals surface area contributed by atoms with Crippen molar-refractivity contribution in [2.45, 2.75) is 0 Å². The number of hydrogen-bond acceptors (Lipinski definition) is 3. The van der Waals surface area contributed by atoms with Gasteiger partial charge in [-0.25, -0.2) is 8.78 Å². The Morgan fingerprint density at radius 2 is 1.77 bits per heavy atom. The van der Waals surface area contributed by atoms with E-state index in [1.165, 1.54) is 41.3 Å². The van der Waals surface area contributed by atoms with Gasteiger partial charge in [0.2, 0.25) is 5.91 Å². The van der Waals surface area contributed by atoms with Gasteiger partial charge >= 0.3 is 0 Å². The maximum absolute atomic E-state index is 13.3. The smallest absolute Gasteiger partial charge is 0.243 e. The predicted molar refractivity (Wildman–Crippen MR) is 80.7 cm³/mol. The monoisotopic (exact) mass is 306 g/mol. The fourth-order valence-corrected chi connectivity index (χ4v) is 2.03. The summed E-state index contributed by atoms with van der Waals surface area (Å²) >= 11 is 0. The van der Waals surface area contributed by atoms with Gasteiger partial charge in [-0.2, -0.15) is 0 Å². The first-order valence-corrected chi connectivity index (χ1v) is 6.75. The second-order valence-corrected chi connectivity index (χ2v) is 4.68. The third-order valence-electron chi connectivity index (χ3n) is 2.99. The first kappa shape index (κ1) is 15.9. The number of rotatable bonds is 6. The van der Waals surface area contributed by atoms with E-state index in [4.69, 9.17) is 5.11 Å². The van der Waals surface area contributed by atoms with Gasteiger partial charge in [-0.3, -0.25) is 4.79 Å². The number of aliphatic hydroxyl groups is 1. The van der Waals surface area contributed by atoms with Gasteiger partial charge in [0.25, 0.3) is 0 Å². The lowest BCUT2D eigenvalue weighted by molar-refractivity contribution is -0.115. The molecule has 6 heteroatoms. The Morgan fingerprint density at radius 1 is 1.09 bits per heavy atom. The number of aliphatic hydroxyl groups excluding tert-OH is 1. The van der Waals surface area contributed by atoms with E-state index in [1.54, 1.807) is 12.1 Å². The van der Waals surface area contributed by atoms with E-state index in [1.807, 2.05) is 0 Å². The van der Waals surface area contributed by atoms with Crippen LogP contribution in [0.1, 0.15) is 0 Å². The summed E-state index contributed by atoms with van der Waals surface area (Å²) in [5.74, 6) is -1.26. The van der Waals surface area contributed by atoms with Gasteiger partial charge < -0.3 is 15.3 Å². The molecule has 4 nitrogen and oxygen atoms in total. The first-order valence-electron chi connectivity index (χ1n) is 6.75. The van der Waals surface area contributed by atoms with Gasteiger partial charge in [0.15, 0.2) is 0 Å². The van der Waals surface area contributed by atoms with Crippen LogP contribution >= 0.6 is 0 Å². The fourth-order valence-electron chi connectivity index (χ4n) is 2.03. The van der Waals surface area contributed by atoms with E-state index in [9.17, 15) is 13.6 Å². The van der Waals surface area contributed by atoms with E-state index in [0.717, 1.165) is 0 Å². The van der Waals surface area contributed by atoms with E-state index in [2.05, 4.69) is 5.32 Å². The third-order valence-corrected chi connectivity index (χ3v) is 2.99. The Hall–Kier alpha value is -2.47. The van der Waals surface area contributed by atoms with Crippen molar-refractivity contribution >= 4 is 17.3 Å². The van der Waals surface area contributed by atoms with Gasteiger partial charge in [0, 0.05) is 17.9 Å². The summed E-state index contributed by atoms with van der Waals surface area (Å²) in [4.78, 5) is 13.6. The number of nitrogens with zero attached hydrogens (tertiary/aromatic N) is 1. The minimum atomic E-state index is -0.449. The molecule has 0 aliphatic rings. The summed E-state index contributed by atoms with van der Waals surface area (Å²) in [7, 11) is 0. The zero-order valence-electron chi connectivity index (χ0n) is 11.8. The summed E-state index contributed by atoms with van der Waals surface area (Å²) in [6.07, 6.45) is 0. The van der Waals surface area contributed by atoms with Crippen molar-refractivity contribution in [2.24, 2.45) is 0 Å². The molecule has 22 heavy (non-hydrogen) atoms. The lowest BCUT2D eigenvalue weighted by Crippen LogP contribution is -2.35. The highest BCUT2D eigenvalue weighted by Gasteiger charge is 2.12. The average molecular weight is 306 g/mol. The summed E-state index contributed by atoms with van der Waals surface area (Å²) in [5.41, 5.74) is 0.830. The van der Waals surface area contributed by atoms with Crippen molar-refractivity contribution in [1.29, 1.82) is 0 Å². The maximum Gasteiger partial charge on any atom is 0.243 e. The Morgan fingerprint density at radius 3 is 2.41 bits per heavy atom. The van der Waals surface area contributed by atoms with E-state index in [-0.39, 0.29) is 25.6 Å². The molecular weight excluding hydrogens is 290 g/mol. The molecule has 1 amide bonds. The molecule has 0 spiro atoms. The largest absolute Gasteiger partial charge is 0.395 e. The normalized spacial score (nSPS) is 10.3. The fraction of sp³-hybridized carbons (Fsp3) is 0.188. The number of benzene rings is 2. The van der Waals surface area contributed by atoms with E-state index < -0.39 is 11.6 Å². The maximum atomic E-state index is 13.3. The second kappa shape index (κ2) is 7.51. The standard InChI is InChI=1S/C16H16F2N2O2/c17-12-3-1-5-14(9-12)19-16(22)11-20(7-8-21)15-6-2-4-13(18)10-15/h1-6,9-10,21H,7-8,11H2,(H,19,22). The first-order chi connectivity index (χ1) is 10.6. The molecule has 0 aliphatic carbocycles. The van der Waals surface area contributed by atoms with E-state index in [0.29, 0.717) is 11.4 Å². The molecule has 0 saturated carbocycles. The van der Waals surface area contributed by atoms with Crippen molar-refractivity contribution in [3.05, 3.63) is 60.2 Å². The summed E-state index contributed by atoms with van der Waals surface area (Å²) < 4.78 is 26.3. The predicted octanol–water partition coefficient (Wildman–Crippen LogP) is 2.40. The molecule has 116 valence electrons. The Labute approximate surface area is 127 Å². The Balaban J connectivity index is 2.05. The van der Waals surface area contributed by atoms with Crippen LogP contribution < -0.4 is 10.2 Å². The number of halogens is 2.